The third kappa shape index (κ3) is 3.03. The van der Waals surface area contributed by atoms with Gasteiger partial charge < -0.3 is 4.90 Å². The molecule has 2 fully saturated rings. The van der Waals surface area contributed by atoms with Gasteiger partial charge in [-0.1, -0.05) is 43.2 Å². The maximum Gasteiger partial charge on any atom is 0.257 e. The highest BCUT2D eigenvalue weighted by atomic mass is 16.2. The first-order valence-electron chi connectivity index (χ1n) is 8.65. The summed E-state index contributed by atoms with van der Waals surface area (Å²) in [6.45, 7) is 2.58. The van der Waals surface area contributed by atoms with Gasteiger partial charge in [0.1, 0.15) is 0 Å². The Hall–Kier alpha value is -2.10. The van der Waals surface area contributed by atoms with Gasteiger partial charge in [-0.15, -0.1) is 0 Å². The lowest BCUT2D eigenvalue weighted by molar-refractivity contribution is 0.0784. The van der Waals surface area contributed by atoms with Gasteiger partial charge in [0.15, 0.2) is 0 Å². The van der Waals surface area contributed by atoms with Crippen molar-refractivity contribution in [3.05, 3.63) is 53.9 Å². The average molecular weight is 309 g/mol. The number of aromatic nitrogens is 2. The van der Waals surface area contributed by atoms with Crippen molar-refractivity contribution in [3.8, 4) is 0 Å². The molecule has 1 aliphatic heterocycles. The number of amides is 1. The first kappa shape index (κ1) is 14.5. The second-order valence-corrected chi connectivity index (χ2v) is 6.93. The lowest BCUT2D eigenvalue weighted by Gasteiger charge is -2.22. The zero-order valence-corrected chi connectivity index (χ0v) is 13.4. The van der Waals surface area contributed by atoms with Crippen molar-refractivity contribution in [1.82, 2.24) is 14.7 Å². The molecular formula is C19H23N3O. The number of benzene rings is 1. The van der Waals surface area contributed by atoms with Crippen LogP contribution in [0.3, 0.4) is 0 Å². The van der Waals surface area contributed by atoms with E-state index in [4.69, 9.17) is 0 Å². The molecule has 2 atom stereocenters. The Morgan fingerprint density at radius 2 is 1.78 bits per heavy atom. The Morgan fingerprint density at radius 3 is 2.48 bits per heavy atom. The number of rotatable bonds is 3. The van der Waals surface area contributed by atoms with Gasteiger partial charge in [0.05, 0.1) is 18.3 Å². The van der Waals surface area contributed by atoms with Crippen molar-refractivity contribution < 1.29 is 4.79 Å². The molecule has 1 aliphatic carbocycles. The monoisotopic (exact) mass is 309 g/mol. The van der Waals surface area contributed by atoms with Crippen LogP contribution in [0.25, 0.3) is 0 Å². The molecule has 0 spiro atoms. The summed E-state index contributed by atoms with van der Waals surface area (Å²) >= 11 is 0. The van der Waals surface area contributed by atoms with Gasteiger partial charge in [0, 0.05) is 19.3 Å². The lowest BCUT2D eigenvalue weighted by Crippen LogP contribution is -2.28. The van der Waals surface area contributed by atoms with Gasteiger partial charge in [-0.05, 0) is 30.2 Å². The Bertz CT molecular complexity index is 665. The van der Waals surface area contributed by atoms with E-state index in [0.717, 1.165) is 30.5 Å². The SMILES string of the molecule is O=C(c1cnn(Cc2ccccc2)c1)N1CC2CCCCC2C1. The second kappa shape index (κ2) is 6.19. The Labute approximate surface area is 137 Å². The number of nitrogens with zero attached hydrogens (tertiary/aromatic N) is 3. The molecule has 120 valence electrons. The molecule has 4 heteroatoms. The normalized spacial score (nSPS) is 23.7. The fraction of sp³-hybridized carbons (Fsp3) is 0.474. The van der Waals surface area contributed by atoms with Crippen LogP contribution in [0.5, 0.6) is 0 Å². The van der Waals surface area contributed by atoms with E-state index < -0.39 is 0 Å². The van der Waals surface area contributed by atoms with Gasteiger partial charge >= 0.3 is 0 Å². The van der Waals surface area contributed by atoms with E-state index in [-0.39, 0.29) is 5.91 Å². The zero-order valence-electron chi connectivity index (χ0n) is 13.4. The van der Waals surface area contributed by atoms with Crippen molar-refractivity contribution in [2.75, 3.05) is 13.1 Å². The molecule has 1 saturated heterocycles. The zero-order chi connectivity index (χ0) is 15.6. The number of carbonyl (C=O) groups is 1. The molecule has 0 radical (unpaired) electrons. The standard InChI is InChI=1S/C19H23N3O/c23-19(21-12-16-8-4-5-9-17(16)13-21)18-10-20-22(14-18)11-15-6-2-1-3-7-15/h1-3,6-7,10,14,16-17H,4-5,8-9,11-13H2. The van der Waals surface area contributed by atoms with Gasteiger partial charge in [0.25, 0.3) is 5.91 Å². The number of hydrogen-bond acceptors (Lipinski definition) is 2. The fourth-order valence-corrected chi connectivity index (χ4v) is 4.09. The van der Waals surface area contributed by atoms with E-state index >= 15 is 0 Å². The highest BCUT2D eigenvalue weighted by Crippen LogP contribution is 2.36. The summed E-state index contributed by atoms with van der Waals surface area (Å²) in [5, 5.41) is 4.36. The van der Waals surface area contributed by atoms with E-state index in [1.54, 1.807) is 6.20 Å². The average Bonchev–Trinajstić information content (AvgIpc) is 3.21. The van der Waals surface area contributed by atoms with Crippen LogP contribution < -0.4 is 0 Å². The van der Waals surface area contributed by atoms with Crippen molar-refractivity contribution in [2.24, 2.45) is 11.8 Å². The highest BCUT2D eigenvalue weighted by Gasteiger charge is 2.36. The topological polar surface area (TPSA) is 38.1 Å². The molecule has 4 nitrogen and oxygen atoms in total. The molecule has 4 rings (SSSR count). The molecule has 23 heavy (non-hydrogen) atoms. The number of fused-ring (bicyclic) bond motifs is 1. The quantitative estimate of drug-likeness (QED) is 0.873. The van der Waals surface area contributed by atoms with Crippen LogP contribution in [0.15, 0.2) is 42.7 Å². The molecule has 1 aromatic heterocycles. The van der Waals surface area contributed by atoms with Crippen LogP contribution in [0.2, 0.25) is 0 Å². The molecule has 2 heterocycles. The largest absolute Gasteiger partial charge is 0.338 e. The van der Waals surface area contributed by atoms with Crippen LogP contribution in [0.1, 0.15) is 41.6 Å². The van der Waals surface area contributed by atoms with Gasteiger partial charge in [0.2, 0.25) is 0 Å². The van der Waals surface area contributed by atoms with E-state index in [1.165, 1.54) is 31.2 Å². The summed E-state index contributed by atoms with van der Waals surface area (Å²) in [4.78, 5) is 14.8. The van der Waals surface area contributed by atoms with Crippen LogP contribution in [-0.4, -0.2) is 33.7 Å². The highest BCUT2D eigenvalue weighted by molar-refractivity contribution is 5.93. The second-order valence-electron chi connectivity index (χ2n) is 6.93. The molecule has 2 aromatic rings. The maximum absolute atomic E-state index is 12.7. The van der Waals surface area contributed by atoms with Crippen LogP contribution in [0, 0.1) is 11.8 Å². The van der Waals surface area contributed by atoms with Crippen molar-refractivity contribution in [2.45, 2.75) is 32.2 Å². The minimum Gasteiger partial charge on any atom is -0.338 e. The van der Waals surface area contributed by atoms with Crippen LogP contribution >= 0.6 is 0 Å². The third-order valence-corrected chi connectivity index (χ3v) is 5.33. The molecule has 2 unspecified atom stereocenters. The molecule has 1 saturated carbocycles. The predicted octanol–water partition coefficient (Wildman–Crippen LogP) is 3.19. The summed E-state index contributed by atoms with van der Waals surface area (Å²) in [5.41, 5.74) is 1.92. The Balaban J connectivity index is 1.43. The third-order valence-electron chi connectivity index (χ3n) is 5.33. The molecule has 1 amide bonds. The number of likely N-dealkylation sites (tertiary alicyclic amines) is 1. The summed E-state index contributed by atoms with van der Waals surface area (Å²) < 4.78 is 1.85. The molecular weight excluding hydrogens is 286 g/mol. The van der Waals surface area contributed by atoms with Crippen molar-refractivity contribution in [1.29, 1.82) is 0 Å². The number of carbonyl (C=O) groups excluding carboxylic acids is 1. The van der Waals surface area contributed by atoms with E-state index in [9.17, 15) is 4.79 Å². The predicted molar refractivity (Wildman–Crippen MR) is 89.1 cm³/mol. The van der Waals surface area contributed by atoms with Gasteiger partial charge in [-0.2, -0.15) is 5.10 Å². The minimum absolute atomic E-state index is 0.152. The summed E-state index contributed by atoms with van der Waals surface area (Å²) in [7, 11) is 0. The Morgan fingerprint density at radius 1 is 1.09 bits per heavy atom. The van der Waals surface area contributed by atoms with Gasteiger partial charge in [-0.25, -0.2) is 0 Å². The maximum atomic E-state index is 12.7. The van der Waals surface area contributed by atoms with E-state index in [0.29, 0.717) is 6.54 Å². The summed E-state index contributed by atoms with van der Waals surface area (Å²) in [6, 6.07) is 10.2. The van der Waals surface area contributed by atoms with E-state index in [1.807, 2.05) is 34.0 Å². The minimum atomic E-state index is 0.152. The molecule has 1 aromatic carbocycles. The summed E-state index contributed by atoms with van der Waals surface area (Å²) in [5.74, 6) is 1.61. The fourth-order valence-electron chi connectivity index (χ4n) is 4.09. The first-order valence-corrected chi connectivity index (χ1v) is 8.65. The molecule has 0 N–H and O–H groups in total. The molecule has 2 aliphatic rings. The smallest absolute Gasteiger partial charge is 0.257 e. The Kier molecular flexibility index (Phi) is 3.90. The van der Waals surface area contributed by atoms with Crippen molar-refractivity contribution >= 4 is 5.91 Å². The number of hydrogen-bond donors (Lipinski definition) is 0. The van der Waals surface area contributed by atoms with Gasteiger partial charge in [-0.3, -0.25) is 9.48 Å². The summed E-state index contributed by atoms with van der Waals surface area (Å²) in [6.07, 6.45) is 8.85. The van der Waals surface area contributed by atoms with Crippen molar-refractivity contribution in [3.63, 3.8) is 0 Å². The molecule has 0 bridgehead atoms. The lowest BCUT2D eigenvalue weighted by atomic mass is 9.82. The van der Waals surface area contributed by atoms with E-state index in [2.05, 4.69) is 17.2 Å². The van der Waals surface area contributed by atoms with Crippen LogP contribution in [0.4, 0.5) is 0 Å². The van der Waals surface area contributed by atoms with Crippen LogP contribution in [-0.2, 0) is 6.54 Å². The first-order chi connectivity index (χ1) is 11.3.